The predicted molar refractivity (Wildman–Crippen MR) is 68.2 cm³/mol. The summed E-state index contributed by atoms with van der Waals surface area (Å²) in [6.07, 6.45) is 5.26. The Kier molecular flexibility index (Phi) is 3.30. The lowest BCUT2D eigenvalue weighted by molar-refractivity contribution is 0.0992. The number of hydrogen-bond donors (Lipinski definition) is 1. The van der Waals surface area contributed by atoms with E-state index in [2.05, 4.69) is 5.92 Å². The van der Waals surface area contributed by atoms with E-state index in [9.17, 15) is 13.6 Å². The zero-order chi connectivity index (χ0) is 14.0. The number of carbonyl (C=O) groups is 1. The second-order valence-electron chi connectivity index (χ2n) is 3.87. The van der Waals surface area contributed by atoms with Gasteiger partial charge < -0.3 is 5.73 Å². The van der Waals surface area contributed by atoms with Crippen LogP contribution >= 0.6 is 0 Å². The van der Waals surface area contributed by atoms with Crippen molar-refractivity contribution in [3.63, 3.8) is 0 Å². The summed E-state index contributed by atoms with van der Waals surface area (Å²) < 4.78 is 27.5. The molecule has 2 N–H and O–H groups in total. The Morgan fingerprint density at radius 3 is 2.58 bits per heavy atom. The van der Waals surface area contributed by atoms with Crippen molar-refractivity contribution in [2.45, 2.75) is 0 Å². The second-order valence-corrected chi connectivity index (χ2v) is 3.87. The van der Waals surface area contributed by atoms with Gasteiger partial charge in [0.15, 0.2) is 0 Å². The Hall–Kier alpha value is -2.67. The molecule has 0 aliphatic heterocycles. The van der Waals surface area contributed by atoms with Gasteiger partial charge in [0.2, 0.25) is 0 Å². The Balaban J connectivity index is 2.67. The van der Waals surface area contributed by atoms with Gasteiger partial charge in [-0.05, 0) is 29.8 Å². The largest absolute Gasteiger partial charge is 0.365 e. The molecule has 0 aliphatic carbocycles. The number of carbonyl (C=O) groups excluding carboxylic acids is 1. The number of benzene rings is 2. The normalized spacial score (nSPS) is 9.95. The third-order valence-electron chi connectivity index (χ3n) is 2.68. The van der Waals surface area contributed by atoms with Crippen molar-refractivity contribution in [2.24, 2.45) is 5.73 Å². The molecule has 0 bridgehead atoms. The molecular weight excluding hydrogens is 248 g/mol. The lowest BCUT2D eigenvalue weighted by atomic mass is 9.99. The van der Waals surface area contributed by atoms with E-state index in [1.54, 1.807) is 24.3 Å². The van der Waals surface area contributed by atoms with Crippen LogP contribution in [0.1, 0.15) is 15.9 Å². The molecule has 94 valence electrons. The zero-order valence-electron chi connectivity index (χ0n) is 9.78. The standard InChI is InChI=1S/C15H9F2NO/c1-2-9-4-3-5-10(8-9)11-6-7-12(16)13(14(11)17)15(18)19/h1,3-8H,(H2,18,19). The van der Waals surface area contributed by atoms with Gasteiger partial charge in [-0.2, -0.15) is 0 Å². The summed E-state index contributed by atoms with van der Waals surface area (Å²) in [6, 6.07) is 8.76. The summed E-state index contributed by atoms with van der Waals surface area (Å²) in [5.74, 6) is -0.700. The summed E-state index contributed by atoms with van der Waals surface area (Å²) in [7, 11) is 0. The molecule has 0 unspecified atom stereocenters. The first-order valence-corrected chi connectivity index (χ1v) is 5.39. The highest BCUT2D eigenvalue weighted by molar-refractivity contribution is 5.94. The maximum Gasteiger partial charge on any atom is 0.254 e. The molecule has 0 heterocycles. The average Bonchev–Trinajstić information content (AvgIpc) is 2.38. The lowest BCUT2D eigenvalue weighted by Gasteiger charge is -2.08. The van der Waals surface area contributed by atoms with Crippen LogP contribution in [-0.4, -0.2) is 5.91 Å². The van der Waals surface area contributed by atoms with Crippen molar-refractivity contribution < 1.29 is 13.6 Å². The predicted octanol–water partition coefficient (Wildman–Crippen LogP) is 2.71. The molecule has 0 aliphatic rings. The zero-order valence-corrected chi connectivity index (χ0v) is 9.78. The summed E-state index contributed by atoms with van der Waals surface area (Å²) in [6.45, 7) is 0. The van der Waals surface area contributed by atoms with Crippen LogP contribution in [0.4, 0.5) is 8.78 Å². The van der Waals surface area contributed by atoms with Gasteiger partial charge in [-0.25, -0.2) is 8.78 Å². The molecule has 0 atom stereocenters. The Morgan fingerprint density at radius 1 is 1.21 bits per heavy atom. The molecule has 0 radical (unpaired) electrons. The molecular formula is C15H9F2NO. The number of rotatable bonds is 2. The average molecular weight is 257 g/mol. The number of terminal acetylenes is 1. The topological polar surface area (TPSA) is 43.1 Å². The maximum absolute atomic E-state index is 14.1. The minimum Gasteiger partial charge on any atom is -0.365 e. The fraction of sp³-hybridized carbons (Fsp3) is 0. The van der Waals surface area contributed by atoms with E-state index in [1.807, 2.05) is 0 Å². The quantitative estimate of drug-likeness (QED) is 0.826. The SMILES string of the molecule is C#Cc1cccc(-c2ccc(F)c(C(N)=O)c2F)c1. The molecule has 2 nitrogen and oxygen atoms in total. The first-order valence-electron chi connectivity index (χ1n) is 5.39. The van der Waals surface area contributed by atoms with E-state index < -0.39 is 23.1 Å². The molecule has 2 aromatic rings. The van der Waals surface area contributed by atoms with E-state index in [4.69, 9.17) is 12.2 Å². The fourth-order valence-corrected chi connectivity index (χ4v) is 1.78. The molecule has 19 heavy (non-hydrogen) atoms. The molecule has 0 spiro atoms. The molecule has 2 aromatic carbocycles. The Morgan fingerprint density at radius 2 is 1.95 bits per heavy atom. The lowest BCUT2D eigenvalue weighted by Crippen LogP contribution is -2.16. The van der Waals surface area contributed by atoms with Crippen molar-refractivity contribution in [1.82, 2.24) is 0 Å². The van der Waals surface area contributed by atoms with Gasteiger partial charge >= 0.3 is 0 Å². The van der Waals surface area contributed by atoms with E-state index in [1.165, 1.54) is 6.07 Å². The van der Waals surface area contributed by atoms with Crippen molar-refractivity contribution in [1.29, 1.82) is 0 Å². The van der Waals surface area contributed by atoms with Gasteiger partial charge in [0.25, 0.3) is 5.91 Å². The van der Waals surface area contributed by atoms with Crippen LogP contribution in [0.15, 0.2) is 36.4 Å². The molecule has 0 saturated heterocycles. The van der Waals surface area contributed by atoms with Crippen LogP contribution < -0.4 is 5.73 Å². The van der Waals surface area contributed by atoms with Gasteiger partial charge in [0.05, 0.1) is 0 Å². The molecule has 4 heteroatoms. The van der Waals surface area contributed by atoms with Crippen LogP contribution in [-0.2, 0) is 0 Å². The van der Waals surface area contributed by atoms with Crippen molar-refractivity contribution in [2.75, 3.05) is 0 Å². The summed E-state index contributed by atoms with van der Waals surface area (Å²) in [4.78, 5) is 11.1. The highest BCUT2D eigenvalue weighted by atomic mass is 19.1. The maximum atomic E-state index is 14.1. The van der Waals surface area contributed by atoms with Gasteiger partial charge in [-0.3, -0.25) is 4.79 Å². The summed E-state index contributed by atoms with van der Waals surface area (Å²) >= 11 is 0. The molecule has 1 amide bonds. The van der Waals surface area contributed by atoms with Crippen LogP contribution in [0.3, 0.4) is 0 Å². The third-order valence-corrected chi connectivity index (χ3v) is 2.68. The van der Waals surface area contributed by atoms with Gasteiger partial charge in [0, 0.05) is 11.1 Å². The van der Waals surface area contributed by atoms with E-state index >= 15 is 0 Å². The van der Waals surface area contributed by atoms with Crippen molar-refractivity contribution >= 4 is 5.91 Å². The number of amides is 1. The van der Waals surface area contributed by atoms with E-state index in [-0.39, 0.29) is 5.56 Å². The van der Waals surface area contributed by atoms with Crippen LogP contribution in [0, 0.1) is 24.0 Å². The molecule has 2 rings (SSSR count). The van der Waals surface area contributed by atoms with E-state index in [0.29, 0.717) is 11.1 Å². The monoisotopic (exact) mass is 257 g/mol. The fourth-order valence-electron chi connectivity index (χ4n) is 1.78. The van der Waals surface area contributed by atoms with Crippen molar-refractivity contribution in [3.05, 3.63) is 59.2 Å². The van der Waals surface area contributed by atoms with E-state index in [0.717, 1.165) is 6.07 Å². The Bertz CT molecular complexity index is 702. The third kappa shape index (κ3) is 2.31. The number of halogens is 2. The van der Waals surface area contributed by atoms with Gasteiger partial charge in [-0.1, -0.05) is 18.1 Å². The summed E-state index contributed by atoms with van der Waals surface area (Å²) in [5.41, 5.74) is 5.31. The minimum absolute atomic E-state index is 0.0762. The first-order chi connectivity index (χ1) is 9.04. The Labute approximate surface area is 108 Å². The summed E-state index contributed by atoms with van der Waals surface area (Å²) in [5, 5.41) is 0. The first kappa shape index (κ1) is 12.8. The molecule has 0 saturated carbocycles. The van der Waals surface area contributed by atoms with Crippen LogP contribution in [0.25, 0.3) is 11.1 Å². The van der Waals surface area contributed by atoms with Crippen LogP contribution in [0.2, 0.25) is 0 Å². The van der Waals surface area contributed by atoms with Gasteiger partial charge in [-0.15, -0.1) is 6.42 Å². The van der Waals surface area contributed by atoms with Crippen LogP contribution in [0.5, 0.6) is 0 Å². The number of hydrogen-bond acceptors (Lipinski definition) is 1. The molecule has 0 fully saturated rings. The number of primary amides is 1. The van der Waals surface area contributed by atoms with Gasteiger partial charge in [0.1, 0.15) is 17.2 Å². The minimum atomic E-state index is -1.15. The number of nitrogens with two attached hydrogens (primary N) is 1. The smallest absolute Gasteiger partial charge is 0.254 e. The van der Waals surface area contributed by atoms with Crippen molar-refractivity contribution in [3.8, 4) is 23.5 Å². The highest BCUT2D eigenvalue weighted by Crippen LogP contribution is 2.27. The second kappa shape index (κ2) is 4.91. The molecule has 0 aromatic heterocycles. The highest BCUT2D eigenvalue weighted by Gasteiger charge is 2.18.